The minimum atomic E-state index is 0.454. The fourth-order valence-corrected chi connectivity index (χ4v) is 3.16. The average molecular weight is 382 g/mol. The molecule has 2 nitrogen and oxygen atoms in total. The SMILES string of the molecule is CNc1cc(-c2ccccc2)nc2c(Cl)c(Cl)c(Br)cc12. The number of hydrogen-bond acceptors (Lipinski definition) is 2. The zero-order valence-electron chi connectivity index (χ0n) is 11.1. The van der Waals surface area contributed by atoms with Gasteiger partial charge in [0.1, 0.15) is 0 Å². The predicted octanol–water partition coefficient (Wildman–Crippen LogP) is 6.01. The van der Waals surface area contributed by atoms with Crippen molar-refractivity contribution < 1.29 is 0 Å². The molecule has 0 saturated carbocycles. The maximum absolute atomic E-state index is 6.37. The van der Waals surface area contributed by atoms with Crippen LogP contribution in [0.4, 0.5) is 5.69 Å². The second kappa shape index (κ2) is 5.84. The highest BCUT2D eigenvalue weighted by Crippen LogP contribution is 2.39. The fraction of sp³-hybridized carbons (Fsp3) is 0.0625. The van der Waals surface area contributed by atoms with Gasteiger partial charge in [0.15, 0.2) is 0 Å². The minimum absolute atomic E-state index is 0.454. The van der Waals surface area contributed by atoms with Crippen LogP contribution in [0, 0.1) is 0 Å². The number of aromatic nitrogens is 1. The van der Waals surface area contributed by atoms with E-state index in [1.807, 2.05) is 49.5 Å². The molecule has 3 rings (SSSR count). The number of nitrogens with zero attached hydrogens (tertiary/aromatic N) is 1. The van der Waals surface area contributed by atoms with Crippen molar-refractivity contribution in [2.75, 3.05) is 12.4 Å². The first-order valence-electron chi connectivity index (χ1n) is 6.33. The summed E-state index contributed by atoms with van der Waals surface area (Å²) >= 11 is 16.0. The van der Waals surface area contributed by atoms with Gasteiger partial charge in [-0.3, -0.25) is 0 Å². The zero-order valence-corrected chi connectivity index (χ0v) is 14.2. The Hall–Kier alpha value is -1.29. The average Bonchev–Trinajstić information content (AvgIpc) is 2.53. The Morgan fingerprint density at radius 3 is 2.43 bits per heavy atom. The highest BCUT2D eigenvalue weighted by molar-refractivity contribution is 9.10. The molecule has 0 unspecified atom stereocenters. The maximum Gasteiger partial charge on any atom is 0.0932 e. The molecule has 3 aromatic rings. The molecule has 21 heavy (non-hydrogen) atoms. The van der Waals surface area contributed by atoms with Crippen molar-refractivity contribution in [2.45, 2.75) is 0 Å². The molecular weight excluding hydrogens is 371 g/mol. The molecule has 0 amide bonds. The van der Waals surface area contributed by atoms with Crippen LogP contribution in [0.2, 0.25) is 10.0 Å². The van der Waals surface area contributed by atoms with Gasteiger partial charge in [0, 0.05) is 28.2 Å². The van der Waals surface area contributed by atoms with Gasteiger partial charge in [-0.05, 0) is 28.1 Å². The number of pyridine rings is 1. The molecule has 1 N–H and O–H groups in total. The number of benzene rings is 2. The first-order chi connectivity index (χ1) is 10.1. The molecule has 0 spiro atoms. The number of anilines is 1. The van der Waals surface area contributed by atoms with Crippen LogP contribution < -0.4 is 5.32 Å². The number of nitrogens with one attached hydrogen (secondary N) is 1. The van der Waals surface area contributed by atoms with Crippen molar-refractivity contribution in [1.82, 2.24) is 4.98 Å². The zero-order chi connectivity index (χ0) is 15.0. The van der Waals surface area contributed by atoms with Crippen LogP contribution in [-0.2, 0) is 0 Å². The lowest BCUT2D eigenvalue weighted by molar-refractivity contribution is 1.38. The van der Waals surface area contributed by atoms with E-state index in [4.69, 9.17) is 23.2 Å². The summed E-state index contributed by atoms with van der Waals surface area (Å²) in [5.41, 5.74) is 3.53. The molecule has 1 aromatic heterocycles. The van der Waals surface area contributed by atoms with E-state index >= 15 is 0 Å². The Labute approximate surface area is 141 Å². The normalized spacial score (nSPS) is 10.9. The van der Waals surface area contributed by atoms with Crippen molar-refractivity contribution in [3.63, 3.8) is 0 Å². The van der Waals surface area contributed by atoms with E-state index in [0.717, 1.165) is 26.8 Å². The van der Waals surface area contributed by atoms with Crippen LogP contribution in [0.25, 0.3) is 22.2 Å². The third-order valence-corrected chi connectivity index (χ3v) is 4.99. The molecule has 0 aliphatic heterocycles. The van der Waals surface area contributed by atoms with E-state index in [1.54, 1.807) is 0 Å². The van der Waals surface area contributed by atoms with Gasteiger partial charge in [0.2, 0.25) is 0 Å². The Balaban J connectivity index is 2.36. The van der Waals surface area contributed by atoms with E-state index in [2.05, 4.69) is 26.2 Å². The van der Waals surface area contributed by atoms with Gasteiger partial charge in [-0.25, -0.2) is 4.98 Å². The second-order valence-corrected chi connectivity index (χ2v) is 6.16. The summed E-state index contributed by atoms with van der Waals surface area (Å²) in [6.07, 6.45) is 0. The molecule has 2 aromatic carbocycles. The summed E-state index contributed by atoms with van der Waals surface area (Å²) in [7, 11) is 1.87. The molecule has 106 valence electrons. The molecular formula is C16H11BrCl2N2. The third-order valence-electron chi connectivity index (χ3n) is 3.28. The van der Waals surface area contributed by atoms with Crippen molar-refractivity contribution >= 4 is 55.7 Å². The van der Waals surface area contributed by atoms with Gasteiger partial charge in [-0.15, -0.1) is 0 Å². The predicted molar refractivity (Wildman–Crippen MR) is 94.4 cm³/mol. The van der Waals surface area contributed by atoms with E-state index in [1.165, 1.54) is 0 Å². The Morgan fingerprint density at radius 2 is 1.76 bits per heavy atom. The molecule has 0 aliphatic rings. The van der Waals surface area contributed by atoms with Gasteiger partial charge in [-0.2, -0.15) is 0 Å². The Morgan fingerprint density at radius 1 is 1.05 bits per heavy atom. The summed E-state index contributed by atoms with van der Waals surface area (Å²) < 4.78 is 0.757. The van der Waals surface area contributed by atoms with Crippen LogP contribution in [-0.4, -0.2) is 12.0 Å². The summed E-state index contributed by atoms with van der Waals surface area (Å²) in [5, 5.41) is 5.05. The van der Waals surface area contributed by atoms with E-state index in [-0.39, 0.29) is 0 Å². The number of hydrogen-bond donors (Lipinski definition) is 1. The topological polar surface area (TPSA) is 24.9 Å². The molecule has 1 heterocycles. The van der Waals surface area contributed by atoms with Gasteiger partial charge < -0.3 is 5.32 Å². The molecule has 0 saturated heterocycles. The van der Waals surface area contributed by atoms with Gasteiger partial charge in [0.25, 0.3) is 0 Å². The summed E-state index contributed by atoms with van der Waals surface area (Å²) in [6, 6.07) is 13.9. The fourth-order valence-electron chi connectivity index (χ4n) is 2.23. The van der Waals surface area contributed by atoms with Crippen LogP contribution in [0.15, 0.2) is 46.9 Å². The lowest BCUT2D eigenvalue weighted by atomic mass is 10.1. The Bertz CT molecular complexity index is 820. The van der Waals surface area contributed by atoms with Crippen LogP contribution in [0.1, 0.15) is 0 Å². The summed E-state index contributed by atoms with van der Waals surface area (Å²) in [4.78, 5) is 4.68. The van der Waals surface area contributed by atoms with Crippen LogP contribution >= 0.6 is 39.1 Å². The minimum Gasteiger partial charge on any atom is -0.388 e. The lowest BCUT2D eigenvalue weighted by Gasteiger charge is -2.12. The van der Waals surface area contributed by atoms with E-state index in [0.29, 0.717) is 15.6 Å². The summed E-state index contributed by atoms with van der Waals surface area (Å²) in [6.45, 7) is 0. The molecule has 0 radical (unpaired) electrons. The first kappa shape index (κ1) is 14.6. The van der Waals surface area contributed by atoms with Gasteiger partial charge >= 0.3 is 0 Å². The maximum atomic E-state index is 6.37. The van der Waals surface area contributed by atoms with Crippen LogP contribution in [0.5, 0.6) is 0 Å². The van der Waals surface area contributed by atoms with Gasteiger partial charge in [-0.1, -0.05) is 53.5 Å². The molecule has 0 aliphatic carbocycles. The Kier molecular flexibility index (Phi) is 4.07. The van der Waals surface area contributed by atoms with Crippen molar-refractivity contribution in [3.8, 4) is 11.3 Å². The molecule has 0 fully saturated rings. The monoisotopic (exact) mass is 380 g/mol. The number of halogens is 3. The second-order valence-electron chi connectivity index (χ2n) is 4.55. The standard InChI is InChI=1S/C16H11BrCl2N2/c1-20-13-8-12(9-5-3-2-4-6-9)21-16-10(13)7-11(17)14(18)15(16)19/h2-8H,1H3,(H,20,21). The lowest BCUT2D eigenvalue weighted by Crippen LogP contribution is -1.95. The smallest absolute Gasteiger partial charge is 0.0932 e. The van der Waals surface area contributed by atoms with E-state index in [9.17, 15) is 0 Å². The molecule has 5 heteroatoms. The third kappa shape index (κ3) is 2.61. The van der Waals surface area contributed by atoms with Crippen molar-refractivity contribution in [1.29, 1.82) is 0 Å². The van der Waals surface area contributed by atoms with E-state index < -0.39 is 0 Å². The number of rotatable bonds is 2. The van der Waals surface area contributed by atoms with Crippen molar-refractivity contribution in [2.24, 2.45) is 0 Å². The van der Waals surface area contributed by atoms with Crippen LogP contribution in [0.3, 0.4) is 0 Å². The summed E-state index contributed by atoms with van der Waals surface area (Å²) in [5.74, 6) is 0. The largest absolute Gasteiger partial charge is 0.388 e. The van der Waals surface area contributed by atoms with Crippen molar-refractivity contribution in [3.05, 3.63) is 57.0 Å². The van der Waals surface area contributed by atoms with Gasteiger partial charge in [0.05, 0.1) is 21.3 Å². The highest BCUT2D eigenvalue weighted by Gasteiger charge is 2.14. The first-order valence-corrected chi connectivity index (χ1v) is 7.88. The highest BCUT2D eigenvalue weighted by atomic mass is 79.9. The molecule has 0 atom stereocenters. The number of fused-ring (bicyclic) bond motifs is 1. The quantitative estimate of drug-likeness (QED) is 0.549. The molecule has 0 bridgehead atoms.